The van der Waals surface area contributed by atoms with Gasteiger partial charge in [0.05, 0.1) is 0 Å². The van der Waals surface area contributed by atoms with Crippen molar-refractivity contribution in [2.24, 2.45) is 0 Å². The molecule has 0 heteroatoms. The Bertz CT molecular complexity index is 591. The molecule has 0 N–H and O–H groups in total. The van der Waals surface area contributed by atoms with Crippen LogP contribution in [-0.4, -0.2) is 0 Å². The second kappa shape index (κ2) is 3.73. The Kier molecular flexibility index (Phi) is 2.32. The van der Waals surface area contributed by atoms with E-state index in [1.165, 1.54) is 51.8 Å². The van der Waals surface area contributed by atoms with E-state index in [9.17, 15) is 0 Å². The average Bonchev–Trinajstić information content (AvgIpc) is 2.33. The molecule has 0 aliphatic heterocycles. The van der Waals surface area contributed by atoms with Gasteiger partial charge in [-0.3, -0.25) is 0 Å². The van der Waals surface area contributed by atoms with E-state index < -0.39 is 0 Å². The molecule has 2 aromatic rings. The molecule has 0 radical (unpaired) electrons. The summed E-state index contributed by atoms with van der Waals surface area (Å²) >= 11 is 0. The number of hydrogen-bond donors (Lipinski definition) is 0. The molecule has 1 aliphatic carbocycles. The summed E-state index contributed by atoms with van der Waals surface area (Å²) in [6.45, 7) is 6.64. The van der Waals surface area contributed by atoms with Gasteiger partial charge in [-0.25, -0.2) is 0 Å². The molecule has 0 bridgehead atoms. The van der Waals surface area contributed by atoms with Gasteiger partial charge in [0.1, 0.15) is 0 Å². The smallest absolute Gasteiger partial charge is 0.0117 e. The van der Waals surface area contributed by atoms with Gasteiger partial charge in [0.2, 0.25) is 0 Å². The Balaban J connectivity index is 2.31. The monoisotopic (exact) mass is 222 g/mol. The fraction of sp³-hybridized carbons (Fsp3) is 0.294. The number of rotatable bonds is 0. The van der Waals surface area contributed by atoms with E-state index in [4.69, 9.17) is 0 Å². The molecular weight excluding hydrogens is 204 g/mol. The van der Waals surface area contributed by atoms with Gasteiger partial charge in [-0.2, -0.15) is 0 Å². The van der Waals surface area contributed by atoms with Crippen molar-refractivity contribution in [1.29, 1.82) is 0 Å². The number of benzene rings is 2. The van der Waals surface area contributed by atoms with Crippen LogP contribution in [0.25, 0.3) is 11.1 Å². The number of aryl methyl sites for hydroxylation is 4. The Hall–Kier alpha value is -1.56. The summed E-state index contributed by atoms with van der Waals surface area (Å²) in [6, 6.07) is 11.4. The molecule has 0 amide bonds. The van der Waals surface area contributed by atoms with Crippen molar-refractivity contribution in [2.45, 2.75) is 33.6 Å². The van der Waals surface area contributed by atoms with Crippen molar-refractivity contribution < 1.29 is 0 Å². The zero-order valence-corrected chi connectivity index (χ0v) is 10.8. The van der Waals surface area contributed by atoms with Crippen molar-refractivity contribution >= 4 is 0 Å². The largest absolute Gasteiger partial charge is 0.0587 e. The van der Waals surface area contributed by atoms with Gasteiger partial charge in [-0.1, -0.05) is 35.9 Å². The lowest BCUT2D eigenvalue weighted by Gasteiger charge is -2.23. The Morgan fingerprint density at radius 1 is 0.824 bits per heavy atom. The zero-order valence-electron chi connectivity index (χ0n) is 10.8. The molecule has 0 nitrogen and oxygen atoms in total. The molecule has 17 heavy (non-hydrogen) atoms. The third kappa shape index (κ3) is 1.59. The molecule has 0 heterocycles. The lowest BCUT2D eigenvalue weighted by Crippen LogP contribution is -2.06. The summed E-state index contributed by atoms with van der Waals surface area (Å²) in [5.74, 6) is 0. The third-order valence-corrected chi connectivity index (χ3v) is 4.02. The third-order valence-electron chi connectivity index (χ3n) is 4.02. The first kappa shape index (κ1) is 10.6. The Morgan fingerprint density at radius 3 is 2.41 bits per heavy atom. The van der Waals surface area contributed by atoms with Crippen molar-refractivity contribution in [1.82, 2.24) is 0 Å². The van der Waals surface area contributed by atoms with Crippen molar-refractivity contribution in [3.8, 4) is 11.1 Å². The van der Waals surface area contributed by atoms with Gasteiger partial charge in [-0.05, 0) is 67.0 Å². The van der Waals surface area contributed by atoms with Crippen LogP contribution in [0.3, 0.4) is 0 Å². The lowest BCUT2D eigenvalue weighted by atomic mass is 9.81. The lowest BCUT2D eigenvalue weighted by molar-refractivity contribution is 0.934. The van der Waals surface area contributed by atoms with E-state index in [-0.39, 0.29) is 0 Å². The number of fused-ring (bicyclic) bond motifs is 3. The van der Waals surface area contributed by atoms with Gasteiger partial charge >= 0.3 is 0 Å². The topological polar surface area (TPSA) is 0 Å². The highest BCUT2D eigenvalue weighted by Crippen LogP contribution is 2.37. The molecule has 0 atom stereocenters. The van der Waals surface area contributed by atoms with Crippen molar-refractivity contribution in [3.05, 3.63) is 58.1 Å². The second-order valence-electron chi connectivity index (χ2n) is 5.20. The second-order valence-corrected chi connectivity index (χ2v) is 5.20. The fourth-order valence-electron chi connectivity index (χ4n) is 2.90. The first-order chi connectivity index (χ1) is 8.16. The Labute approximate surface area is 103 Å². The maximum Gasteiger partial charge on any atom is -0.0117 e. The van der Waals surface area contributed by atoms with Gasteiger partial charge in [0.25, 0.3) is 0 Å². The highest BCUT2D eigenvalue weighted by atomic mass is 14.2. The van der Waals surface area contributed by atoms with Crippen LogP contribution >= 0.6 is 0 Å². The minimum absolute atomic E-state index is 1.19. The highest BCUT2D eigenvalue weighted by molar-refractivity contribution is 5.77. The molecule has 1 aliphatic rings. The van der Waals surface area contributed by atoms with E-state index in [0.29, 0.717) is 0 Å². The predicted molar refractivity (Wildman–Crippen MR) is 73.5 cm³/mol. The van der Waals surface area contributed by atoms with Crippen LogP contribution in [0, 0.1) is 20.8 Å². The molecule has 86 valence electrons. The molecule has 3 rings (SSSR count). The van der Waals surface area contributed by atoms with Crippen LogP contribution < -0.4 is 0 Å². The summed E-state index contributed by atoms with van der Waals surface area (Å²) in [7, 11) is 0. The van der Waals surface area contributed by atoms with E-state index in [1.54, 1.807) is 0 Å². The summed E-state index contributed by atoms with van der Waals surface area (Å²) in [5.41, 5.74) is 10.2. The maximum absolute atomic E-state index is 2.35. The Morgan fingerprint density at radius 2 is 1.59 bits per heavy atom. The molecule has 2 aromatic carbocycles. The zero-order chi connectivity index (χ0) is 12.0. The molecule has 0 unspecified atom stereocenters. The van der Waals surface area contributed by atoms with E-state index >= 15 is 0 Å². The highest BCUT2D eigenvalue weighted by Gasteiger charge is 2.18. The van der Waals surface area contributed by atoms with Crippen molar-refractivity contribution in [2.75, 3.05) is 0 Å². The van der Waals surface area contributed by atoms with E-state index in [2.05, 4.69) is 51.1 Å². The summed E-state index contributed by atoms with van der Waals surface area (Å²) in [4.78, 5) is 0. The average molecular weight is 222 g/mol. The summed E-state index contributed by atoms with van der Waals surface area (Å²) < 4.78 is 0. The quantitative estimate of drug-likeness (QED) is 0.620. The van der Waals surface area contributed by atoms with Crippen LogP contribution in [0.2, 0.25) is 0 Å². The first-order valence-electron chi connectivity index (χ1n) is 6.36. The van der Waals surface area contributed by atoms with Crippen LogP contribution in [-0.2, 0) is 12.8 Å². The maximum atomic E-state index is 2.35. The minimum atomic E-state index is 1.19. The van der Waals surface area contributed by atoms with Crippen LogP contribution in [0.4, 0.5) is 0 Å². The molecule has 0 saturated carbocycles. The SMILES string of the molecule is Cc1ccc2c(c1)CCc1ccc(C)c(C)c1-2. The van der Waals surface area contributed by atoms with Crippen LogP contribution in [0.1, 0.15) is 27.8 Å². The summed E-state index contributed by atoms with van der Waals surface area (Å²) in [5, 5.41) is 0. The standard InChI is InChI=1S/C17H18/c1-11-4-9-16-15(10-11)8-7-14-6-5-12(2)13(3)17(14)16/h4-6,9-10H,7-8H2,1-3H3. The molecule has 0 fully saturated rings. The van der Waals surface area contributed by atoms with Gasteiger partial charge in [0.15, 0.2) is 0 Å². The summed E-state index contributed by atoms with van der Waals surface area (Å²) in [6.07, 6.45) is 2.37. The molecule has 0 spiro atoms. The minimum Gasteiger partial charge on any atom is -0.0587 e. The van der Waals surface area contributed by atoms with Crippen LogP contribution in [0.15, 0.2) is 30.3 Å². The van der Waals surface area contributed by atoms with E-state index in [1.807, 2.05) is 0 Å². The molecular formula is C17H18. The number of hydrogen-bond acceptors (Lipinski definition) is 0. The first-order valence-corrected chi connectivity index (χ1v) is 6.36. The van der Waals surface area contributed by atoms with E-state index in [0.717, 1.165) is 0 Å². The van der Waals surface area contributed by atoms with Crippen molar-refractivity contribution in [3.63, 3.8) is 0 Å². The fourth-order valence-corrected chi connectivity index (χ4v) is 2.90. The van der Waals surface area contributed by atoms with Gasteiger partial charge in [-0.15, -0.1) is 0 Å². The van der Waals surface area contributed by atoms with Gasteiger partial charge in [0, 0.05) is 0 Å². The predicted octanol–water partition coefficient (Wildman–Crippen LogP) is 4.38. The van der Waals surface area contributed by atoms with Gasteiger partial charge < -0.3 is 0 Å². The molecule has 0 saturated heterocycles. The molecule has 0 aromatic heterocycles. The van der Waals surface area contributed by atoms with Crippen LogP contribution in [0.5, 0.6) is 0 Å². The normalized spacial score (nSPS) is 13.1.